The maximum absolute atomic E-state index is 4.03. The largest absolute Gasteiger partial charge is 0.325 e. The van der Waals surface area contributed by atoms with Gasteiger partial charge in [-0.25, -0.2) is 0 Å². The van der Waals surface area contributed by atoms with Crippen LogP contribution >= 0.6 is 11.3 Å². The molecular weight excluding hydrogens is 158 g/mol. The number of hydrogen-bond acceptors (Lipinski definition) is 3. The van der Waals surface area contributed by atoms with E-state index in [4.69, 9.17) is 0 Å². The minimum absolute atomic E-state index is 0.922. The van der Waals surface area contributed by atoms with Crippen LogP contribution in [0, 0.1) is 0 Å². The van der Waals surface area contributed by atoms with Gasteiger partial charge in [0.1, 0.15) is 0 Å². The molecule has 0 aliphatic heterocycles. The molecule has 1 heterocycles. The van der Waals surface area contributed by atoms with E-state index in [1.54, 1.807) is 11.3 Å². The van der Waals surface area contributed by atoms with E-state index in [2.05, 4.69) is 10.2 Å². The van der Waals surface area contributed by atoms with Crippen molar-refractivity contribution in [2.24, 2.45) is 17.3 Å². The summed E-state index contributed by atoms with van der Waals surface area (Å²) in [6.45, 7) is 3.86. The third-order valence-electron chi connectivity index (χ3n) is 1.10. The van der Waals surface area contributed by atoms with Crippen molar-refractivity contribution in [1.82, 2.24) is 4.57 Å². The second-order valence-electron chi connectivity index (χ2n) is 2.44. The first-order chi connectivity index (χ1) is 5.20. The Hall–Kier alpha value is -0.900. The summed E-state index contributed by atoms with van der Waals surface area (Å²) in [4.78, 5) is 0.922. The minimum Gasteiger partial charge on any atom is -0.325 e. The maximum Gasteiger partial charge on any atom is 0.210 e. The van der Waals surface area contributed by atoms with Crippen molar-refractivity contribution in [3.05, 3.63) is 16.4 Å². The van der Waals surface area contributed by atoms with Gasteiger partial charge in [-0.1, -0.05) is 0 Å². The molecule has 3 nitrogen and oxygen atoms in total. The molecule has 0 aliphatic carbocycles. The Labute approximate surface area is 69.7 Å². The van der Waals surface area contributed by atoms with Crippen molar-refractivity contribution < 1.29 is 0 Å². The van der Waals surface area contributed by atoms with Crippen LogP contribution in [0.15, 0.2) is 21.8 Å². The summed E-state index contributed by atoms with van der Waals surface area (Å²) < 4.78 is 1.94. The van der Waals surface area contributed by atoms with Gasteiger partial charge < -0.3 is 4.57 Å². The molecule has 0 radical (unpaired) electrons. The van der Waals surface area contributed by atoms with E-state index in [1.165, 1.54) is 0 Å². The van der Waals surface area contributed by atoms with Crippen LogP contribution < -0.4 is 4.80 Å². The predicted octanol–water partition coefficient (Wildman–Crippen LogP) is 1.38. The number of rotatable bonds is 1. The highest BCUT2D eigenvalue weighted by Crippen LogP contribution is 1.86. The van der Waals surface area contributed by atoms with E-state index in [9.17, 15) is 0 Å². The number of aromatic nitrogens is 1. The van der Waals surface area contributed by atoms with E-state index >= 15 is 0 Å². The Bertz CT molecular complexity index is 314. The lowest BCUT2D eigenvalue weighted by atomic mass is 10.5. The molecule has 0 aromatic carbocycles. The zero-order valence-corrected chi connectivity index (χ0v) is 7.72. The van der Waals surface area contributed by atoms with Crippen LogP contribution in [0.25, 0.3) is 0 Å². The highest BCUT2D eigenvalue weighted by molar-refractivity contribution is 7.07. The summed E-state index contributed by atoms with van der Waals surface area (Å²) >= 11 is 1.58. The topological polar surface area (TPSA) is 29.6 Å². The first kappa shape index (κ1) is 8.20. The van der Waals surface area contributed by atoms with Crippen LogP contribution in [0.5, 0.6) is 0 Å². The molecule has 1 rings (SSSR count). The molecule has 11 heavy (non-hydrogen) atoms. The van der Waals surface area contributed by atoms with Crippen LogP contribution in [0.1, 0.15) is 13.8 Å². The third-order valence-corrected chi connectivity index (χ3v) is 1.93. The molecule has 0 atom stereocenters. The summed E-state index contributed by atoms with van der Waals surface area (Å²) in [7, 11) is 1.95. The van der Waals surface area contributed by atoms with Gasteiger partial charge in [0.2, 0.25) is 4.80 Å². The van der Waals surface area contributed by atoms with E-state index in [0.29, 0.717) is 0 Å². The van der Waals surface area contributed by atoms with E-state index in [-0.39, 0.29) is 0 Å². The Morgan fingerprint density at radius 3 is 2.73 bits per heavy atom. The summed E-state index contributed by atoms with van der Waals surface area (Å²) in [5.41, 5.74) is 0.971. The summed E-state index contributed by atoms with van der Waals surface area (Å²) in [6.07, 6.45) is 1.96. The Kier molecular flexibility index (Phi) is 2.59. The van der Waals surface area contributed by atoms with Crippen LogP contribution in [0.3, 0.4) is 0 Å². The van der Waals surface area contributed by atoms with Crippen LogP contribution in [0.4, 0.5) is 0 Å². The highest BCUT2D eigenvalue weighted by Gasteiger charge is 1.84. The first-order valence-electron chi connectivity index (χ1n) is 3.35. The molecule has 1 aromatic heterocycles. The lowest BCUT2D eigenvalue weighted by Gasteiger charge is -1.85. The van der Waals surface area contributed by atoms with Crippen LogP contribution in [0.2, 0.25) is 0 Å². The van der Waals surface area contributed by atoms with Crippen molar-refractivity contribution in [2.75, 3.05) is 0 Å². The van der Waals surface area contributed by atoms with Crippen molar-refractivity contribution >= 4 is 17.0 Å². The molecule has 0 aliphatic rings. The fourth-order valence-electron chi connectivity index (χ4n) is 0.566. The molecule has 1 aromatic rings. The zero-order valence-electron chi connectivity index (χ0n) is 6.90. The van der Waals surface area contributed by atoms with Gasteiger partial charge in [0, 0.05) is 24.3 Å². The molecule has 0 saturated heterocycles. The van der Waals surface area contributed by atoms with E-state index in [0.717, 1.165) is 10.5 Å². The highest BCUT2D eigenvalue weighted by atomic mass is 32.1. The van der Waals surface area contributed by atoms with Crippen LogP contribution in [-0.4, -0.2) is 10.3 Å². The third kappa shape index (κ3) is 2.31. The molecule has 0 amide bonds. The lowest BCUT2D eigenvalue weighted by Crippen LogP contribution is -2.08. The monoisotopic (exact) mass is 169 g/mol. The van der Waals surface area contributed by atoms with Gasteiger partial charge in [-0.15, -0.1) is 16.4 Å². The van der Waals surface area contributed by atoms with Gasteiger partial charge in [-0.05, 0) is 13.8 Å². The van der Waals surface area contributed by atoms with Gasteiger partial charge in [0.25, 0.3) is 0 Å². The van der Waals surface area contributed by atoms with Gasteiger partial charge in [-0.3, -0.25) is 0 Å². The van der Waals surface area contributed by atoms with Crippen LogP contribution in [-0.2, 0) is 7.05 Å². The Morgan fingerprint density at radius 1 is 1.55 bits per heavy atom. The SMILES string of the molecule is CC(C)=NN=c1sccn1C. The van der Waals surface area contributed by atoms with Crippen molar-refractivity contribution in [3.8, 4) is 0 Å². The molecule has 0 N–H and O–H groups in total. The Balaban J connectivity index is 3.01. The molecule has 0 bridgehead atoms. The van der Waals surface area contributed by atoms with Gasteiger partial charge in [0.15, 0.2) is 0 Å². The fraction of sp³-hybridized carbons (Fsp3) is 0.429. The molecule has 60 valence electrons. The van der Waals surface area contributed by atoms with E-state index in [1.807, 2.05) is 37.0 Å². The summed E-state index contributed by atoms with van der Waals surface area (Å²) in [6, 6.07) is 0. The average molecular weight is 169 g/mol. The molecule has 0 saturated carbocycles. The van der Waals surface area contributed by atoms with Crippen molar-refractivity contribution in [1.29, 1.82) is 0 Å². The second-order valence-corrected chi connectivity index (χ2v) is 3.32. The quantitative estimate of drug-likeness (QED) is 0.449. The van der Waals surface area contributed by atoms with Gasteiger partial charge in [0.05, 0.1) is 0 Å². The van der Waals surface area contributed by atoms with E-state index < -0.39 is 0 Å². The molecule has 4 heteroatoms. The standard InChI is InChI=1S/C7H11N3S/c1-6(2)8-9-7-10(3)4-5-11-7/h4-5H,1-3H3. The lowest BCUT2D eigenvalue weighted by molar-refractivity contribution is 0.854. The normalized spacial score (nSPS) is 11.7. The predicted molar refractivity (Wildman–Crippen MR) is 47.6 cm³/mol. The van der Waals surface area contributed by atoms with Crippen molar-refractivity contribution in [2.45, 2.75) is 13.8 Å². The molecular formula is C7H11N3S. The maximum atomic E-state index is 4.03. The van der Waals surface area contributed by atoms with Crippen molar-refractivity contribution in [3.63, 3.8) is 0 Å². The first-order valence-corrected chi connectivity index (χ1v) is 4.23. The number of hydrogen-bond donors (Lipinski definition) is 0. The number of nitrogens with zero attached hydrogens (tertiary/aromatic N) is 3. The smallest absolute Gasteiger partial charge is 0.210 e. The summed E-state index contributed by atoms with van der Waals surface area (Å²) in [5.74, 6) is 0. The molecule has 0 fully saturated rings. The zero-order chi connectivity index (χ0) is 8.27. The van der Waals surface area contributed by atoms with Gasteiger partial charge in [-0.2, -0.15) is 5.10 Å². The molecule has 0 unspecified atom stereocenters. The molecule has 0 spiro atoms. The second kappa shape index (κ2) is 3.48. The minimum atomic E-state index is 0.922. The van der Waals surface area contributed by atoms with Gasteiger partial charge >= 0.3 is 0 Å². The summed E-state index contributed by atoms with van der Waals surface area (Å²) in [5, 5.41) is 9.98. The Morgan fingerprint density at radius 2 is 2.27 bits per heavy atom. The fourth-order valence-corrected chi connectivity index (χ4v) is 1.25. The number of thiazole rings is 1. The average Bonchev–Trinajstić information content (AvgIpc) is 2.31. The number of aryl methyl sites for hydroxylation is 1.